The largest absolute Gasteiger partial charge is 0.332 e. The van der Waals surface area contributed by atoms with Crippen LogP contribution in [0.15, 0.2) is 84.9 Å². The number of carbonyl (C=O) groups is 2. The Hall–Kier alpha value is -3.51. The summed E-state index contributed by atoms with van der Waals surface area (Å²) in [6.45, 7) is 2.19. The number of nitrogens with zero attached hydrogens (tertiary/aromatic N) is 2. The number of carbonyl (C=O) groups excluding carboxylic acids is 2. The van der Waals surface area contributed by atoms with E-state index in [9.17, 15) is 14.0 Å². The Balaban J connectivity index is 1.43. The fourth-order valence-corrected chi connectivity index (χ4v) is 3.96. The van der Waals surface area contributed by atoms with Crippen molar-refractivity contribution in [1.29, 1.82) is 0 Å². The Morgan fingerprint density at radius 2 is 1.35 bits per heavy atom. The normalized spacial score (nSPS) is 14.5. The molecule has 158 valence electrons. The number of nitrogens with one attached hydrogen (secondary N) is 1. The van der Waals surface area contributed by atoms with E-state index in [1.165, 1.54) is 29.3 Å². The number of hydrogen-bond donors (Lipinski definition) is 1. The van der Waals surface area contributed by atoms with Gasteiger partial charge in [0.1, 0.15) is 5.82 Å². The molecule has 1 N–H and O–H groups in total. The van der Waals surface area contributed by atoms with Gasteiger partial charge >= 0.3 is 11.8 Å². The Bertz CT molecular complexity index is 995. The van der Waals surface area contributed by atoms with Gasteiger partial charge in [-0.2, -0.15) is 0 Å². The van der Waals surface area contributed by atoms with E-state index in [-0.39, 0.29) is 11.7 Å². The van der Waals surface area contributed by atoms with Gasteiger partial charge in [-0.1, -0.05) is 66.7 Å². The number of anilines is 1. The maximum absolute atomic E-state index is 13.3. The van der Waals surface area contributed by atoms with Gasteiger partial charge in [0.15, 0.2) is 0 Å². The van der Waals surface area contributed by atoms with Crippen LogP contribution in [0.25, 0.3) is 0 Å². The van der Waals surface area contributed by atoms with Crippen molar-refractivity contribution >= 4 is 17.5 Å². The third-order valence-electron chi connectivity index (χ3n) is 5.47. The van der Waals surface area contributed by atoms with E-state index < -0.39 is 17.6 Å². The highest BCUT2D eigenvalue weighted by Gasteiger charge is 2.30. The quantitative estimate of drug-likeness (QED) is 0.659. The smallest absolute Gasteiger partial charge is 0.313 e. The summed E-state index contributed by atoms with van der Waals surface area (Å²) >= 11 is 0. The minimum absolute atomic E-state index is 0.0840. The Labute approximate surface area is 181 Å². The van der Waals surface area contributed by atoms with E-state index in [2.05, 4.69) is 34.5 Å². The van der Waals surface area contributed by atoms with Crippen molar-refractivity contribution in [2.24, 2.45) is 0 Å². The van der Waals surface area contributed by atoms with Gasteiger partial charge in [0.2, 0.25) is 0 Å². The summed E-state index contributed by atoms with van der Waals surface area (Å²) in [6, 6.07) is 26.2. The third-order valence-corrected chi connectivity index (χ3v) is 5.47. The number of hydrogen-bond acceptors (Lipinski definition) is 3. The van der Waals surface area contributed by atoms with E-state index >= 15 is 0 Å². The van der Waals surface area contributed by atoms with Crippen molar-refractivity contribution in [1.82, 2.24) is 9.80 Å². The molecule has 1 aliphatic rings. The van der Waals surface area contributed by atoms with Crippen molar-refractivity contribution in [3.63, 3.8) is 0 Å². The molecule has 1 aliphatic heterocycles. The molecular weight excluding hydrogens is 393 g/mol. The van der Waals surface area contributed by atoms with E-state index in [0.29, 0.717) is 26.2 Å². The van der Waals surface area contributed by atoms with Crippen molar-refractivity contribution in [3.8, 4) is 0 Å². The summed E-state index contributed by atoms with van der Waals surface area (Å²) in [5, 5.41) is 2.48. The molecule has 6 heteroatoms. The van der Waals surface area contributed by atoms with Gasteiger partial charge in [-0.3, -0.25) is 14.5 Å². The maximum atomic E-state index is 13.3. The number of amides is 2. The van der Waals surface area contributed by atoms with Crippen LogP contribution >= 0.6 is 0 Å². The number of halogens is 1. The highest BCUT2D eigenvalue weighted by molar-refractivity contribution is 6.39. The molecular formula is C25H24FN3O2. The maximum Gasteiger partial charge on any atom is 0.313 e. The summed E-state index contributed by atoms with van der Waals surface area (Å²) < 4.78 is 13.3. The zero-order valence-corrected chi connectivity index (χ0v) is 17.1. The molecule has 1 fully saturated rings. The van der Waals surface area contributed by atoms with Crippen LogP contribution in [-0.4, -0.2) is 47.8 Å². The Morgan fingerprint density at radius 3 is 1.90 bits per heavy atom. The van der Waals surface area contributed by atoms with Gasteiger partial charge in [0.05, 0.1) is 6.04 Å². The summed E-state index contributed by atoms with van der Waals surface area (Å²) in [7, 11) is 0. The molecule has 0 spiro atoms. The summed E-state index contributed by atoms with van der Waals surface area (Å²) in [4.78, 5) is 28.8. The van der Waals surface area contributed by atoms with Gasteiger partial charge in [-0.15, -0.1) is 0 Å². The molecule has 0 unspecified atom stereocenters. The van der Waals surface area contributed by atoms with Crippen LogP contribution in [0.1, 0.15) is 17.2 Å². The monoisotopic (exact) mass is 417 g/mol. The predicted octanol–water partition coefficient (Wildman–Crippen LogP) is 3.70. The first kappa shape index (κ1) is 20.8. The topological polar surface area (TPSA) is 52.7 Å². The average molecular weight is 417 g/mol. The molecule has 5 nitrogen and oxygen atoms in total. The number of rotatable bonds is 4. The van der Waals surface area contributed by atoms with Crippen LogP contribution in [0.2, 0.25) is 0 Å². The second-order valence-electron chi connectivity index (χ2n) is 7.52. The standard InChI is InChI=1S/C25H24FN3O2/c26-21-12-7-13-22(18-21)27-24(30)25(31)29-16-14-28(15-17-29)23(19-8-3-1-4-9-19)20-10-5-2-6-11-20/h1-13,18,23H,14-17H2,(H,27,30). The number of piperazine rings is 1. The Morgan fingerprint density at radius 1 is 0.774 bits per heavy atom. The second kappa shape index (κ2) is 9.53. The van der Waals surface area contributed by atoms with Gasteiger partial charge in [-0.05, 0) is 29.3 Å². The molecule has 0 aromatic heterocycles. The van der Waals surface area contributed by atoms with E-state index in [0.717, 1.165) is 0 Å². The van der Waals surface area contributed by atoms with Gasteiger partial charge in [-0.25, -0.2) is 4.39 Å². The van der Waals surface area contributed by atoms with Crippen LogP contribution in [0.3, 0.4) is 0 Å². The average Bonchev–Trinajstić information content (AvgIpc) is 2.81. The van der Waals surface area contributed by atoms with Gasteiger partial charge in [0, 0.05) is 31.9 Å². The third kappa shape index (κ3) is 4.98. The molecule has 0 radical (unpaired) electrons. The lowest BCUT2D eigenvalue weighted by atomic mass is 9.96. The highest BCUT2D eigenvalue weighted by atomic mass is 19.1. The molecule has 0 aliphatic carbocycles. The fourth-order valence-electron chi connectivity index (χ4n) is 3.96. The van der Waals surface area contributed by atoms with Crippen molar-refractivity contribution in [3.05, 3.63) is 102 Å². The molecule has 2 amide bonds. The van der Waals surface area contributed by atoms with E-state index in [1.807, 2.05) is 36.4 Å². The Kier molecular flexibility index (Phi) is 6.38. The second-order valence-corrected chi connectivity index (χ2v) is 7.52. The SMILES string of the molecule is O=C(Nc1cccc(F)c1)C(=O)N1CCN(C(c2ccccc2)c2ccccc2)CC1. The molecule has 0 saturated carbocycles. The predicted molar refractivity (Wildman–Crippen MR) is 118 cm³/mol. The molecule has 4 rings (SSSR count). The van der Waals surface area contributed by atoms with E-state index in [1.54, 1.807) is 11.0 Å². The fraction of sp³-hybridized carbons (Fsp3) is 0.200. The van der Waals surface area contributed by atoms with Crippen LogP contribution in [0, 0.1) is 5.82 Å². The first-order chi connectivity index (χ1) is 15.1. The van der Waals surface area contributed by atoms with Crippen LogP contribution in [-0.2, 0) is 9.59 Å². The highest BCUT2D eigenvalue weighted by Crippen LogP contribution is 2.29. The molecule has 31 heavy (non-hydrogen) atoms. The van der Waals surface area contributed by atoms with Crippen molar-refractivity contribution < 1.29 is 14.0 Å². The molecule has 1 saturated heterocycles. The molecule has 0 atom stereocenters. The summed E-state index contributed by atoms with van der Waals surface area (Å²) in [5.41, 5.74) is 2.65. The molecule has 0 bridgehead atoms. The lowest BCUT2D eigenvalue weighted by molar-refractivity contribution is -0.144. The van der Waals surface area contributed by atoms with Crippen molar-refractivity contribution in [2.45, 2.75) is 6.04 Å². The summed E-state index contributed by atoms with van der Waals surface area (Å²) in [6.07, 6.45) is 0. The van der Waals surface area contributed by atoms with Crippen LogP contribution < -0.4 is 5.32 Å². The zero-order valence-electron chi connectivity index (χ0n) is 17.1. The van der Waals surface area contributed by atoms with Gasteiger partial charge in [0.25, 0.3) is 0 Å². The number of benzene rings is 3. The summed E-state index contributed by atoms with van der Waals surface area (Å²) in [5.74, 6) is -1.81. The van der Waals surface area contributed by atoms with E-state index in [4.69, 9.17) is 0 Å². The molecule has 3 aromatic carbocycles. The van der Waals surface area contributed by atoms with Crippen LogP contribution in [0.5, 0.6) is 0 Å². The lowest BCUT2D eigenvalue weighted by Crippen LogP contribution is -2.52. The minimum Gasteiger partial charge on any atom is -0.332 e. The van der Waals surface area contributed by atoms with Crippen molar-refractivity contribution in [2.75, 3.05) is 31.5 Å². The lowest BCUT2D eigenvalue weighted by Gasteiger charge is -2.39. The zero-order chi connectivity index (χ0) is 21.6. The molecule has 1 heterocycles. The first-order valence-corrected chi connectivity index (χ1v) is 10.3. The minimum atomic E-state index is -0.748. The van der Waals surface area contributed by atoms with Crippen LogP contribution in [0.4, 0.5) is 10.1 Å². The molecule has 3 aromatic rings. The van der Waals surface area contributed by atoms with Gasteiger partial charge < -0.3 is 10.2 Å². The first-order valence-electron chi connectivity index (χ1n) is 10.3.